The lowest BCUT2D eigenvalue weighted by Crippen LogP contribution is -2.37. The minimum Gasteiger partial charge on any atom is -0.343 e. The second-order valence-corrected chi connectivity index (χ2v) is 7.18. The lowest BCUT2D eigenvalue weighted by Gasteiger charge is -2.25. The molecule has 1 fully saturated rings. The van der Waals surface area contributed by atoms with Crippen molar-refractivity contribution in [3.8, 4) is 0 Å². The maximum absolute atomic E-state index is 12.9. The maximum atomic E-state index is 12.9. The van der Waals surface area contributed by atoms with Crippen molar-refractivity contribution >= 4 is 5.91 Å². The molecule has 2 aromatic rings. The van der Waals surface area contributed by atoms with E-state index in [9.17, 15) is 4.79 Å². The van der Waals surface area contributed by atoms with Gasteiger partial charge in [0, 0.05) is 17.8 Å². The molecular formula is C20H26N4O. The topological polar surface area (TPSA) is 61.0 Å². The van der Waals surface area contributed by atoms with Gasteiger partial charge in [-0.3, -0.25) is 9.89 Å². The van der Waals surface area contributed by atoms with Gasteiger partial charge in [-0.2, -0.15) is 5.10 Å². The van der Waals surface area contributed by atoms with Crippen LogP contribution in [0.4, 0.5) is 0 Å². The highest BCUT2D eigenvalue weighted by molar-refractivity contribution is 5.94. The number of benzene rings is 1. The third kappa shape index (κ3) is 3.61. The second-order valence-electron chi connectivity index (χ2n) is 7.18. The standard InChI is InChI=1S/C20H26N4O/c25-20(19-16-10-4-5-11-17(16)22-23-19)21-18(14-24-12-6-7-13-24)15-8-2-1-3-9-15/h1-3,8-9,18H,4-7,10-14H2,(H,21,25)(H,22,23). The Morgan fingerprint density at radius 1 is 1.12 bits per heavy atom. The average Bonchev–Trinajstić information content (AvgIpc) is 3.31. The van der Waals surface area contributed by atoms with Crippen LogP contribution in [0.5, 0.6) is 0 Å². The molecule has 2 heterocycles. The Morgan fingerprint density at radius 2 is 1.88 bits per heavy atom. The highest BCUT2D eigenvalue weighted by Crippen LogP contribution is 2.23. The molecule has 132 valence electrons. The molecule has 2 N–H and O–H groups in total. The van der Waals surface area contributed by atoms with E-state index >= 15 is 0 Å². The van der Waals surface area contributed by atoms with E-state index in [1.54, 1.807) is 0 Å². The van der Waals surface area contributed by atoms with Crippen molar-refractivity contribution in [3.05, 3.63) is 52.8 Å². The summed E-state index contributed by atoms with van der Waals surface area (Å²) >= 11 is 0. The fourth-order valence-electron chi connectivity index (χ4n) is 4.04. The van der Waals surface area contributed by atoms with Crippen molar-refractivity contribution in [2.75, 3.05) is 19.6 Å². The van der Waals surface area contributed by atoms with E-state index in [1.165, 1.54) is 19.3 Å². The van der Waals surface area contributed by atoms with E-state index in [2.05, 4.69) is 32.5 Å². The third-order valence-corrected chi connectivity index (χ3v) is 5.42. The highest BCUT2D eigenvalue weighted by atomic mass is 16.2. The Labute approximate surface area is 148 Å². The smallest absolute Gasteiger partial charge is 0.272 e. The first-order chi connectivity index (χ1) is 12.3. The molecule has 1 aliphatic heterocycles. The lowest BCUT2D eigenvalue weighted by molar-refractivity contribution is 0.0921. The molecule has 1 atom stereocenters. The summed E-state index contributed by atoms with van der Waals surface area (Å²) in [7, 11) is 0. The molecule has 5 nitrogen and oxygen atoms in total. The Kier molecular flexibility index (Phi) is 4.83. The summed E-state index contributed by atoms with van der Waals surface area (Å²) in [5.74, 6) is -0.0487. The lowest BCUT2D eigenvalue weighted by atomic mass is 9.95. The summed E-state index contributed by atoms with van der Waals surface area (Å²) in [5.41, 5.74) is 4.02. The van der Waals surface area contributed by atoms with E-state index in [-0.39, 0.29) is 11.9 Å². The van der Waals surface area contributed by atoms with Crippen LogP contribution in [-0.2, 0) is 12.8 Å². The molecule has 1 unspecified atom stereocenters. The molecule has 1 aromatic heterocycles. The van der Waals surface area contributed by atoms with Crippen molar-refractivity contribution in [1.82, 2.24) is 20.4 Å². The Morgan fingerprint density at radius 3 is 2.68 bits per heavy atom. The predicted molar refractivity (Wildman–Crippen MR) is 97.6 cm³/mol. The highest BCUT2D eigenvalue weighted by Gasteiger charge is 2.25. The van der Waals surface area contributed by atoms with Crippen molar-refractivity contribution in [1.29, 1.82) is 0 Å². The van der Waals surface area contributed by atoms with Crippen molar-refractivity contribution < 1.29 is 4.79 Å². The largest absolute Gasteiger partial charge is 0.343 e. The molecule has 4 rings (SSSR count). The number of aromatic nitrogens is 2. The van der Waals surface area contributed by atoms with Crippen molar-refractivity contribution in [2.45, 2.75) is 44.6 Å². The number of hydrogen-bond acceptors (Lipinski definition) is 3. The van der Waals surface area contributed by atoms with Gasteiger partial charge in [-0.25, -0.2) is 0 Å². The van der Waals surface area contributed by atoms with Crippen LogP contribution in [0.2, 0.25) is 0 Å². The van der Waals surface area contributed by atoms with Gasteiger partial charge in [-0.1, -0.05) is 30.3 Å². The van der Waals surface area contributed by atoms with Crippen LogP contribution in [0, 0.1) is 0 Å². The monoisotopic (exact) mass is 338 g/mol. The van der Waals surface area contributed by atoms with Gasteiger partial charge in [-0.15, -0.1) is 0 Å². The summed E-state index contributed by atoms with van der Waals surface area (Å²) in [6, 6.07) is 10.3. The van der Waals surface area contributed by atoms with E-state index in [0.717, 1.165) is 55.7 Å². The normalized spacial score (nSPS) is 18.7. The molecule has 1 aliphatic carbocycles. The number of hydrogen-bond donors (Lipinski definition) is 2. The van der Waals surface area contributed by atoms with Gasteiger partial charge in [0.15, 0.2) is 5.69 Å². The third-order valence-electron chi connectivity index (χ3n) is 5.42. The molecule has 0 spiro atoms. The SMILES string of the molecule is O=C(NC(CN1CCCC1)c1ccccc1)c1n[nH]c2c1CCCC2. The van der Waals surface area contributed by atoms with Crippen LogP contribution in [0.15, 0.2) is 30.3 Å². The number of nitrogens with zero attached hydrogens (tertiary/aromatic N) is 2. The number of carbonyl (C=O) groups excluding carboxylic acids is 1. The Balaban J connectivity index is 1.53. The maximum Gasteiger partial charge on any atom is 0.272 e. The number of carbonyl (C=O) groups is 1. The van der Waals surface area contributed by atoms with Crippen LogP contribution in [0.1, 0.15) is 59.0 Å². The molecule has 1 saturated heterocycles. The average molecular weight is 338 g/mol. The molecule has 2 aliphatic rings. The Hall–Kier alpha value is -2.14. The van der Waals surface area contributed by atoms with E-state index < -0.39 is 0 Å². The van der Waals surface area contributed by atoms with Gasteiger partial charge in [0.2, 0.25) is 0 Å². The van der Waals surface area contributed by atoms with Gasteiger partial charge >= 0.3 is 0 Å². The van der Waals surface area contributed by atoms with Gasteiger partial charge in [0.25, 0.3) is 5.91 Å². The van der Waals surface area contributed by atoms with Gasteiger partial charge in [-0.05, 0) is 57.2 Å². The van der Waals surface area contributed by atoms with E-state index in [1.807, 2.05) is 18.2 Å². The minimum absolute atomic E-state index is 0.00254. The van der Waals surface area contributed by atoms with Gasteiger partial charge in [0.05, 0.1) is 6.04 Å². The number of rotatable bonds is 5. The number of fused-ring (bicyclic) bond motifs is 1. The molecular weight excluding hydrogens is 312 g/mol. The molecule has 1 aromatic carbocycles. The number of H-pyrrole nitrogens is 1. The van der Waals surface area contributed by atoms with Gasteiger partial charge < -0.3 is 10.2 Å². The van der Waals surface area contributed by atoms with Crippen LogP contribution in [0.3, 0.4) is 0 Å². The zero-order chi connectivity index (χ0) is 17.1. The molecule has 0 bridgehead atoms. The fraction of sp³-hybridized carbons (Fsp3) is 0.500. The zero-order valence-corrected chi connectivity index (χ0v) is 14.6. The van der Waals surface area contributed by atoms with Gasteiger partial charge in [0.1, 0.15) is 0 Å². The summed E-state index contributed by atoms with van der Waals surface area (Å²) in [5, 5.41) is 10.6. The number of aromatic amines is 1. The summed E-state index contributed by atoms with van der Waals surface area (Å²) in [6.07, 6.45) is 6.79. The number of aryl methyl sites for hydroxylation is 1. The first-order valence-corrected chi connectivity index (χ1v) is 9.45. The van der Waals surface area contributed by atoms with Crippen LogP contribution in [-0.4, -0.2) is 40.6 Å². The molecule has 0 saturated carbocycles. The summed E-state index contributed by atoms with van der Waals surface area (Å²) < 4.78 is 0. The number of nitrogens with one attached hydrogen (secondary N) is 2. The molecule has 25 heavy (non-hydrogen) atoms. The quantitative estimate of drug-likeness (QED) is 0.881. The molecule has 5 heteroatoms. The van der Waals surface area contributed by atoms with E-state index in [0.29, 0.717) is 5.69 Å². The van der Waals surface area contributed by atoms with Crippen molar-refractivity contribution in [3.63, 3.8) is 0 Å². The summed E-state index contributed by atoms with van der Waals surface area (Å²) in [6.45, 7) is 3.11. The summed E-state index contributed by atoms with van der Waals surface area (Å²) in [4.78, 5) is 15.4. The van der Waals surface area contributed by atoms with Crippen LogP contribution < -0.4 is 5.32 Å². The molecule has 0 radical (unpaired) electrons. The van der Waals surface area contributed by atoms with E-state index in [4.69, 9.17) is 0 Å². The number of likely N-dealkylation sites (tertiary alicyclic amines) is 1. The van der Waals surface area contributed by atoms with Crippen LogP contribution >= 0.6 is 0 Å². The fourth-order valence-corrected chi connectivity index (χ4v) is 4.04. The second kappa shape index (κ2) is 7.40. The first-order valence-electron chi connectivity index (χ1n) is 9.45. The predicted octanol–water partition coefficient (Wildman–Crippen LogP) is 2.86. The number of amides is 1. The van der Waals surface area contributed by atoms with Crippen LogP contribution in [0.25, 0.3) is 0 Å². The van der Waals surface area contributed by atoms with Crippen molar-refractivity contribution in [2.24, 2.45) is 0 Å². The first kappa shape index (κ1) is 16.3. The minimum atomic E-state index is -0.0487. The zero-order valence-electron chi connectivity index (χ0n) is 14.6. The Bertz CT molecular complexity index is 719. The molecule has 1 amide bonds.